The number of amides is 3. The quantitative estimate of drug-likeness (QED) is 0.166. The van der Waals surface area contributed by atoms with Crippen molar-refractivity contribution in [1.82, 2.24) is 10.6 Å². The van der Waals surface area contributed by atoms with Crippen LogP contribution in [0.5, 0.6) is 0 Å². The lowest BCUT2D eigenvalue weighted by atomic mass is 9.86. The minimum Gasteiger partial charge on any atom is -0.394 e. The van der Waals surface area contributed by atoms with Gasteiger partial charge >= 0.3 is 0 Å². The van der Waals surface area contributed by atoms with E-state index in [1.165, 1.54) is 0 Å². The summed E-state index contributed by atoms with van der Waals surface area (Å²) in [6.07, 6.45) is 4.08. The number of hydrogen-bond acceptors (Lipinski definition) is 7. The highest BCUT2D eigenvalue weighted by Crippen LogP contribution is 2.32. The number of nitrogens with one attached hydrogen (secondary N) is 2. The molecule has 178 valence electrons. The summed E-state index contributed by atoms with van der Waals surface area (Å²) in [5.74, 6) is -3.24. The summed E-state index contributed by atoms with van der Waals surface area (Å²) in [5, 5.41) is 23.5. The van der Waals surface area contributed by atoms with E-state index in [-0.39, 0.29) is 31.3 Å². The van der Waals surface area contributed by atoms with Crippen LogP contribution in [0, 0.1) is 17.8 Å². The highest BCUT2D eigenvalue weighted by molar-refractivity contribution is 6.11. The van der Waals surface area contributed by atoms with Gasteiger partial charge in [-0.1, -0.05) is 47.0 Å². The molecule has 0 bridgehead atoms. The first-order valence-electron chi connectivity index (χ1n) is 11.1. The Bertz CT molecular complexity index is 629. The van der Waals surface area contributed by atoms with Gasteiger partial charge in [0.2, 0.25) is 11.8 Å². The van der Waals surface area contributed by atoms with Crippen LogP contribution in [0.25, 0.3) is 0 Å². The van der Waals surface area contributed by atoms with Gasteiger partial charge in [-0.05, 0) is 24.7 Å². The summed E-state index contributed by atoms with van der Waals surface area (Å²) in [6.45, 7) is 6.75. The largest absolute Gasteiger partial charge is 0.394 e. The highest BCUT2D eigenvalue weighted by Gasteiger charge is 2.55. The number of ketones is 1. The first kappa shape index (κ1) is 27.2. The predicted molar refractivity (Wildman–Crippen MR) is 114 cm³/mol. The Morgan fingerprint density at radius 2 is 1.61 bits per heavy atom. The minimum atomic E-state index is -1.37. The molecule has 9 nitrogen and oxygen atoms in total. The summed E-state index contributed by atoms with van der Waals surface area (Å²) in [7, 11) is 0. The lowest BCUT2D eigenvalue weighted by Crippen LogP contribution is -2.53. The van der Waals surface area contributed by atoms with E-state index >= 15 is 0 Å². The van der Waals surface area contributed by atoms with Crippen molar-refractivity contribution >= 4 is 23.5 Å². The molecule has 31 heavy (non-hydrogen) atoms. The SMILES string of the molecule is CC(C)CCCCCC(=O)N[C@@H](CO)C(=O)NC(=O)[C@@H](CC(C)C)C(=O)C1(CO)CO1. The van der Waals surface area contributed by atoms with Gasteiger partial charge in [-0.2, -0.15) is 0 Å². The van der Waals surface area contributed by atoms with Crippen LogP contribution in [0.4, 0.5) is 0 Å². The molecule has 1 rings (SSSR count). The minimum absolute atomic E-state index is 0.0201. The van der Waals surface area contributed by atoms with Gasteiger partial charge in [0, 0.05) is 6.42 Å². The molecule has 1 saturated heterocycles. The van der Waals surface area contributed by atoms with Gasteiger partial charge in [0.25, 0.3) is 5.91 Å². The number of aliphatic hydroxyl groups excluding tert-OH is 2. The smallest absolute Gasteiger partial charge is 0.251 e. The molecule has 0 aromatic rings. The second kappa shape index (κ2) is 12.9. The fourth-order valence-corrected chi connectivity index (χ4v) is 3.29. The number of carbonyl (C=O) groups is 4. The van der Waals surface area contributed by atoms with Crippen LogP contribution < -0.4 is 10.6 Å². The second-order valence-corrected chi connectivity index (χ2v) is 9.14. The standard InChI is InChI=1S/C22H38N2O7/c1-14(2)8-6-5-7-9-18(27)23-17(11-25)21(30)24-20(29)16(10-15(3)4)19(28)22(12-26)13-31-22/h14-17,25-26H,5-13H2,1-4H3,(H,23,27)(H,24,29,30)/t16-,17-,22?/m0/s1. The molecule has 3 atom stereocenters. The van der Waals surface area contributed by atoms with Crippen molar-refractivity contribution in [2.45, 2.75) is 77.9 Å². The third-order valence-corrected chi connectivity index (χ3v) is 5.30. The summed E-state index contributed by atoms with van der Waals surface area (Å²) in [6, 6.07) is -1.29. The number of rotatable bonds is 15. The average molecular weight is 443 g/mol. The van der Waals surface area contributed by atoms with Gasteiger partial charge in [-0.15, -0.1) is 0 Å². The molecule has 1 aliphatic rings. The Morgan fingerprint density at radius 3 is 2.10 bits per heavy atom. The van der Waals surface area contributed by atoms with Crippen molar-refractivity contribution in [2.75, 3.05) is 19.8 Å². The molecular formula is C22H38N2O7. The zero-order valence-electron chi connectivity index (χ0n) is 19.1. The van der Waals surface area contributed by atoms with Crippen LogP contribution in [-0.2, 0) is 23.9 Å². The Morgan fingerprint density at radius 1 is 0.968 bits per heavy atom. The third-order valence-electron chi connectivity index (χ3n) is 5.30. The van der Waals surface area contributed by atoms with Crippen LogP contribution in [0.15, 0.2) is 0 Å². The van der Waals surface area contributed by atoms with Gasteiger partial charge in [0.05, 0.1) is 19.8 Å². The summed E-state index contributed by atoms with van der Waals surface area (Å²) < 4.78 is 5.05. The van der Waals surface area contributed by atoms with Gasteiger partial charge in [-0.3, -0.25) is 24.5 Å². The van der Waals surface area contributed by atoms with Crippen LogP contribution in [0.1, 0.15) is 66.2 Å². The van der Waals surface area contributed by atoms with E-state index in [2.05, 4.69) is 24.5 Å². The molecule has 1 heterocycles. The van der Waals surface area contributed by atoms with Gasteiger partial charge in [0.1, 0.15) is 12.0 Å². The van der Waals surface area contributed by atoms with E-state index in [1.807, 2.05) is 13.8 Å². The summed E-state index contributed by atoms with van der Waals surface area (Å²) in [5.41, 5.74) is -1.37. The van der Waals surface area contributed by atoms with Crippen molar-refractivity contribution in [3.05, 3.63) is 0 Å². The van der Waals surface area contributed by atoms with Crippen LogP contribution in [0.2, 0.25) is 0 Å². The molecule has 3 amide bonds. The van der Waals surface area contributed by atoms with Crippen molar-refractivity contribution in [2.24, 2.45) is 17.8 Å². The summed E-state index contributed by atoms with van der Waals surface area (Å²) >= 11 is 0. The maximum absolute atomic E-state index is 12.7. The number of unbranched alkanes of at least 4 members (excludes halogenated alkanes) is 2. The van der Waals surface area contributed by atoms with Crippen molar-refractivity contribution in [3.63, 3.8) is 0 Å². The lowest BCUT2D eigenvalue weighted by molar-refractivity contribution is -0.142. The topological polar surface area (TPSA) is 145 Å². The first-order valence-corrected chi connectivity index (χ1v) is 11.1. The van der Waals surface area contributed by atoms with E-state index < -0.39 is 48.4 Å². The van der Waals surface area contributed by atoms with E-state index in [1.54, 1.807) is 0 Å². The highest BCUT2D eigenvalue weighted by atomic mass is 16.6. The molecule has 0 aromatic carbocycles. The Labute approximate surface area is 184 Å². The van der Waals surface area contributed by atoms with Crippen LogP contribution in [-0.4, -0.2) is 65.2 Å². The van der Waals surface area contributed by atoms with Gasteiger partial charge in [0.15, 0.2) is 11.4 Å². The Balaban J connectivity index is 2.60. The molecule has 0 radical (unpaired) electrons. The number of epoxide rings is 1. The zero-order chi connectivity index (χ0) is 23.6. The molecule has 0 aromatic heterocycles. The molecule has 1 fully saturated rings. The number of hydrogen-bond donors (Lipinski definition) is 4. The van der Waals surface area contributed by atoms with Gasteiger partial charge in [-0.25, -0.2) is 0 Å². The van der Waals surface area contributed by atoms with E-state index in [4.69, 9.17) is 4.74 Å². The maximum Gasteiger partial charge on any atom is 0.251 e. The van der Waals surface area contributed by atoms with Crippen LogP contribution in [0.3, 0.4) is 0 Å². The molecule has 4 N–H and O–H groups in total. The number of imide groups is 1. The van der Waals surface area contributed by atoms with Crippen LogP contribution >= 0.6 is 0 Å². The summed E-state index contributed by atoms with van der Waals surface area (Å²) in [4.78, 5) is 49.8. The monoisotopic (exact) mass is 442 g/mol. The maximum atomic E-state index is 12.7. The zero-order valence-corrected chi connectivity index (χ0v) is 19.1. The van der Waals surface area contributed by atoms with Crippen molar-refractivity contribution < 1.29 is 34.1 Å². The third kappa shape index (κ3) is 9.04. The van der Waals surface area contributed by atoms with E-state index in [0.717, 1.165) is 19.3 Å². The van der Waals surface area contributed by atoms with E-state index in [9.17, 15) is 29.4 Å². The van der Waals surface area contributed by atoms with Gasteiger partial charge < -0.3 is 20.3 Å². The lowest BCUT2D eigenvalue weighted by Gasteiger charge is -2.21. The number of Topliss-reactive ketones (excluding diaryl/α,β-unsaturated/α-hetero) is 1. The second-order valence-electron chi connectivity index (χ2n) is 9.14. The first-order chi connectivity index (χ1) is 14.6. The molecular weight excluding hydrogens is 404 g/mol. The number of carbonyl (C=O) groups excluding carboxylic acids is 4. The van der Waals surface area contributed by atoms with E-state index in [0.29, 0.717) is 12.3 Å². The fraction of sp³-hybridized carbons (Fsp3) is 0.818. The normalized spacial score (nSPS) is 19.7. The molecule has 0 saturated carbocycles. The molecule has 1 unspecified atom stereocenters. The Hall–Kier alpha value is -1.84. The number of aliphatic hydroxyl groups is 2. The molecule has 1 aliphatic heterocycles. The van der Waals surface area contributed by atoms with Crippen molar-refractivity contribution in [3.8, 4) is 0 Å². The molecule has 0 aliphatic carbocycles. The average Bonchev–Trinajstić information content (AvgIpc) is 3.50. The van der Waals surface area contributed by atoms with Crippen molar-refractivity contribution in [1.29, 1.82) is 0 Å². The molecule has 9 heteroatoms. The Kier molecular flexibility index (Phi) is 11.3. The molecule has 0 spiro atoms. The predicted octanol–water partition coefficient (Wildman–Crippen LogP) is 0.706. The fourth-order valence-electron chi connectivity index (χ4n) is 3.29. The number of ether oxygens (including phenoxy) is 1.